The number of nitrogens with zero attached hydrogens (tertiary/aromatic N) is 2. The average molecular weight is 253 g/mol. The zero-order valence-corrected chi connectivity index (χ0v) is 11.6. The molecule has 0 aliphatic rings. The lowest BCUT2D eigenvalue weighted by Crippen LogP contribution is -2.26. The van der Waals surface area contributed by atoms with Gasteiger partial charge in [-0.3, -0.25) is 0 Å². The van der Waals surface area contributed by atoms with Gasteiger partial charge >= 0.3 is 0 Å². The van der Waals surface area contributed by atoms with E-state index in [0.29, 0.717) is 25.7 Å². The minimum Gasteiger partial charge on any atom is -0.365 e. The highest BCUT2D eigenvalue weighted by atomic mass is 16.7. The molecule has 0 unspecified atom stereocenters. The number of hydrogen-bond donors (Lipinski definition) is 1. The topological polar surface area (TPSA) is 56.3 Å². The Bertz CT molecular complexity index is 339. The highest BCUT2D eigenvalue weighted by molar-refractivity contribution is 5.35. The fraction of sp³-hybridized carbons (Fsp3) is 0.692. The Hall–Kier alpha value is -1.20. The maximum absolute atomic E-state index is 5.45. The van der Waals surface area contributed by atoms with Crippen molar-refractivity contribution in [2.24, 2.45) is 0 Å². The van der Waals surface area contributed by atoms with Gasteiger partial charge in [0, 0.05) is 25.0 Å². The van der Waals surface area contributed by atoms with Crippen molar-refractivity contribution < 1.29 is 9.47 Å². The zero-order chi connectivity index (χ0) is 13.4. The second kappa shape index (κ2) is 8.00. The minimum absolute atomic E-state index is 0.238. The van der Waals surface area contributed by atoms with E-state index in [1.165, 1.54) is 0 Å². The van der Waals surface area contributed by atoms with Crippen molar-refractivity contribution in [3.05, 3.63) is 18.1 Å². The standard InChI is InChI=1S/C13H23N3O2/c1-5-17-13(18-6-2)8-14-12-7-11(10(3)4)15-9-16-12/h7,9-10,13H,5-6,8H2,1-4H3,(H,14,15,16). The zero-order valence-electron chi connectivity index (χ0n) is 11.6. The Labute approximate surface area is 109 Å². The van der Waals surface area contributed by atoms with Gasteiger partial charge in [0.15, 0.2) is 6.29 Å². The van der Waals surface area contributed by atoms with Crippen LogP contribution in [0.4, 0.5) is 5.82 Å². The van der Waals surface area contributed by atoms with E-state index in [4.69, 9.17) is 9.47 Å². The van der Waals surface area contributed by atoms with E-state index in [1.807, 2.05) is 19.9 Å². The molecule has 1 aromatic rings. The van der Waals surface area contributed by atoms with Gasteiger partial charge in [-0.1, -0.05) is 13.8 Å². The first-order chi connectivity index (χ1) is 8.67. The number of nitrogens with one attached hydrogen (secondary N) is 1. The molecule has 0 bridgehead atoms. The van der Waals surface area contributed by atoms with Crippen molar-refractivity contribution >= 4 is 5.82 Å². The first-order valence-corrected chi connectivity index (χ1v) is 6.46. The molecule has 1 heterocycles. The third-order valence-electron chi connectivity index (χ3n) is 2.43. The molecule has 1 aromatic heterocycles. The summed E-state index contributed by atoms with van der Waals surface area (Å²) < 4.78 is 10.9. The van der Waals surface area contributed by atoms with E-state index in [-0.39, 0.29) is 6.29 Å². The first kappa shape index (κ1) is 14.9. The van der Waals surface area contributed by atoms with Crippen molar-refractivity contribution in [3.8, 4) is 0 Å². The summed E-state index contributed by atoms with van der Waals surface area (Å²) in [4.78, 5) is 8.41. The van der Waals surface area contributed by atoms with Crippen molar-refractivity contribution in [1.82, 2.24) is 9.97 Å². The SMILES string of the molecule is CCOC(CNc1cc(C(C)C)ncn1)OCC. The van der Waals surface area contributed by atoms with Crippen LogP contribution in [-0.4, -0.2) is 36.0 Å². The fourth-order valence-electron chi connectivity index (χ4n) is 1.51. The number of aromatic nitrogens is 2. The van der Waals surface area contributed by atoms with Gasteiger partial charge in [0.2, 0.25) is 0 Å². The van der Waals surface area contributed by atoms with E-state index in [0.717, 1.165) is 11.5 Å². The molecule has 1 N–H and O–H groups in total. The fourth-order valence-corrected chi connectivity index (χ4v) is 1.51. The monoisotopic (exact) mass is 253 g/mol. The van der Waals surface area contributed by atoms with Gasteiger partial charge in [-0.2, -0.15) is 0 Å². The Morgan fingerprint density at radius 3 is 2.39 bits per heavy atom. The lowest BCUT2D eigenvalue weighted by Gasteiger charge is -2.17. The smallest absolute Gasteiger partial charge is 0.174 e. The molecular weight excluding hydrogens is 230 g/mol. The largest absolute Gasteiger partial charge is 0.365 e. The number of ether oxygens (including phenoxy) is 2. The van der Waals surface area contributed by atoms with E-state index < -0.39 is 0 Å². The highest BCUT2D eigenvalue weighted by Gasteiger charge is 2.08. The molecule has 5 heteroatoms. The van der Waals surface area contributed by atoms with Crippen molar-refractivity contribution in [2.75, 3.05) is 25.1 Å². The molecule has 102 valence electrons. The summed E-state index contributed by atoms with van der Waals surface area (Å²) in [5, 5.41) is 3.21. The molecule has 0 fully saturated rings. The molecule has 0 saturated heterocycles. The molecule has 0 aromatic carbocycles. The predicted molar refractivity (Wildman–Crippen MR) is 71.7 cm³/mol. The summed E-state index contributed by atoms with van der Waals surface area (Å²) in [5.41, 5.74) is 1.02. The van der Waals surface area contributed by atoms with Crippen LogP contribution < -0.4 is 5.32 Å². The highest BCUT2D eigenvalue weighted by Crippen LogP contribution is 2.13. The Kier molecular flexibility index (Phi) is 6.60. The quantitative estimate of drug-likeness (QED) is 0.721. The molecule has 0 aliphatic heterocycles. The molecule has 0 atom stereocenters. The lowest BCUT2D eigenvalue weighted by molar-refractivity contribution is -0.126. The molecule has 18 heavy (non-hydrogen) atoms. The van der Waals surface area contributed by atoms with Gasteiger partial charge in [-0.15, -0.1) is 0 Å². The van der Waals surface area contributed by atoms with E-state index >= 15 is 0 Å². The van der Waals surface area contributed by atoms with Crippen molar-refractivity contribution in [3.63, 3.8) is 0 Å². The van der Waals surface area contributed by atoms with E-state index in [2.05, 4.69) is 29.1 Å². The van der Waals surface area contributed by atoms with Crippen LogP contribution in [0.5, 0.6) is 0 Å². The molecule has 0 radical (unpaired) electrons. The van der Waals surface area contributed by atoms with Crippen LogP contribution in [0, 0.1) is 0 Å². The molecule has 0 saturated carbocycles. The second-order valence-corrected chi connectivity index (χ2v) is 4.20. The number of anilines is 1. The van der Waals surface area contributed by atoms with Crippen molar-refractivity contribution in [2.45, 2.75) is 39.9 Å². The Morgan fingerprint density at radius 2 is 1.83 bits per heavy atom. The summed E-state index contributed by atoms with van der Waals surface area (Å²) in [6, 6.07) is 1.96. The summed E-state index contributed by atoms with van der Waals surface area (Å²) in [6.45, 7) is 9.96. The van der Waals surface area contributed by atoms with Gasteiger partial charge in [0.05, 0.1) is 6.54 Å². The first-order valence-electron chi connectivity index (χ1n) is 6.46. The summed E-state index contributed by atoms with van der Waals surface area (Å²) in [6.07, 6.45) is 1.34. The number of hydrogen-bond acceptors (Lipinski definition) is 5. The van der Waals surface area contributed by atoms with Gasteiger partial charge in [-0.25, -0.2) is 9.97 Å². The third-order valence-corrected chi connectivity index (χ3v) is 2.43. The molecule has 0 aliphatic carbocycles. The van der Waals surface area contributed by atoms with Crippen LogP contribution in [0.2, 0.25) is 0 Å². The van der Waals surface area contributed by atoms with Crippen LogP contribution in [0.3, 0.4) is 0 Å². The van der Waals surface area contributed by atoms with Crippen LogP contribution in [0.15, 0.2) is 12.4 Å². The maximum Gasteiger partial charge on any atom is 0.174 e. The third kappa shape index (κ3) is 4.98. The molecule has 0 spiro atoms. The molecular formula is C13H23N3O2. The van der Waals surface area contributed by atoms with Gasteiger partial charge in [0.1, 0.15) is 12.1 Å². The molecule has 1 rings (SSSR count). The maximum atomic E-state index is 5.45. The van der Waals surface area contributed by atoms with Gasteiger partial charge in [0.25, 0.3) is 0 Å². The summed E-state index contributed by atoms with van der Waals surface area (Å²) in [7, 11) is 0. The van der Waals surface area contributed by atoms with Crippen LogP contribution in [-0.2, 0) is 9.47 Å². The summed E-state index contributed by atoms with van der Waals surface area (Å²) >= 11 is 0. The van der Waals surface area contributed by atoms with Crippen molar-refractivity contribution in [1.29, 1.82) is 0 Å². The number of rotatable bonds is 8. The van der Waals surface area contributed by atoms with Gasteiger partial charge < -0.3 is 14.8 Å². The normalized spacial score (nSPS) is 11.2. The molecule has 0 amide bonds. The Morgan fingerprint density at radius 1 is 1.17 bits per heavy atom. The van der Waals surface area contributed by atoms with E-state index in [1.54, 1.807) is 6.33 Å². The van der Waals surface area contributed by atoms with Crippen LogP contribution in [0.25, 0.3) is 0 Å². The molecule has 5 nitrogen and oxygen atoms in total. The van der Waals surface area contributed by atoms with E-state index in [9.17, 15) is 0 Å². The van der Waals surface area contributed by atoms with Gasteiger partial charge in [-0.05, 0) is 19.8 Å². The average Bonchev–Trinajstić information content (AvgIpc) is 2.37. The minimum atomic E-state index is -0.238. The summed E-state index contributed by atoms with van der Waals surface area (Å²) in [5.74, 6) is 1.20. The van der Waals surface area contributed by atoms with Crippen LogP contribution >= 0.6 is 0 Å². The Balaban J connectivity index is 2.53. The second-order valence-electron chi connectivity index (χ2n) is 4.20. The lowest BCUT2D eigenvalue weighted by atomic mass is 10.1. The predicted octanol–water partition coefficient (Wildman–Crippen LogP) is 2.41. The van der Waals surface area contributed by atoms with Crippen LogP contribution in [0.1, 0.15) is 39.3 Å².